The first-order valence-corrected chi connectivity index (χ1v) is 7.95. The monoisotopic (exact) mass is 235 g/mol. The second kappa shape index (κ2) is 4.91. The van der Waals surface area contributed by atoms with E-state index < -0.39 is 0 Å². The lowest BCUT2D eigenvalue weighted by molar-refractivity contribution is 0.233. The van der Waals surface area contributed by atoms with Gasteiger partial charge in [0.05, 0.1) is 0 Å². The summed E-state index contributed by atoms with van der Waals surface area (Å²) in [7, 11) is 0. The summed E-state index contributed by atoms with van der Waals surface area (Å²) in [6, 6.07) is 0.882. The van der Waals surface area contributed by atoms with E-state index in [0.29, 0.717) is 0 Å². The van der Waals surface area contributed by atoms with E-state index in [4.69, 9.17) is 0 Å². The largest absolute Gasteiger partial charge is 0.314 e. The normalized spacial score (nSPS) is 39.5. The maximum absolute atomic E-state index is 3.70. The van der Waals surface area contributed by atoms with E-state index in [2.05, 4.69) is 19.2 Å². The molecule has 98 valence electrons. The van der Waals surface area contributed by atoms with Crippen molar-refractivity contribution in [2.24, 2.45) is 29.6 Å². The van der Waals surface area contributed by atoms with Gasteiger partial charge in [0, 0.05) is 6.04 Å². The lowest BCUT2D eigenvalue weighted by atomic mass is 9.79. The third-order valence-electron chi connectivity index (χ3n) is 5.84. The summed E-state index contributed by atoms with van der Waals surface area (Å²) in [4.78, 5) is 0. The first-order chi connectivity index (χ1) is 8.22. The molecule has 0 aromatic heterocycles. The van der Waals surface area contributed by atoms with E-state index >= 15 is 0 Å². The minimum Gasteiger partial charge on any atom is -0.314 e. The zero-order chi connectivity index (χ0) is 11.8. The second-order valence-electron chi connectivity index (χ2n) is 7.31. The molecule has 0 aromatic carbocycles. The third kappa shape index (κ3) is 2.86. The fourth-order valence-corrected chi connectivity index (χ4v) is 4.22. The van der Waals surface area contributed by atoms with E-state index in [0.717, 1.165) is 35.6 Å². The summed E-state index contributed by atoms with van der Waals surface area (Å²) in [5.74, 6) is 5.12. The van der Waals surface area contributed by atoms with Crippen LogP contribution in [0.15, 0.2) is 0 Å². The van der Waals surface area contributed by atoms with Crippen LogP contribution in [-0.4, -0.2) is 12.6 Å². The molecule has 0 aliphatic heterocycles. The molecule has 0 amide bonds. The lowest BCUT2D eigenvalue weighted by Crippen LogP contribution is -2.28. The van der Waals surface area contributed by atoms with Crippen molar-refractivity contribution >= 4 is 0 Å². The highest BCUT2D eigenvalue weighted by molar-refractivity contribution is 4.91. The Morgan fingerprint density at radius 2 is 1.82 bits per heavy atom. The first-order valence-electron chi connectivity index (χ1n) is 7.95. The SMILES string of the molecule is CC(CNC1CC1)C(C)CC1CC2CCC1C2. The number of rotatable bonds is 6. The zero-order valence-corrected chi connectivity index (χ0v) is 11.6. The smallest absolute Gasteiger partial charge is 0.00683 e. The van der Waals surface area contributed by atoms with Crippen LogP contribution < -0.4 is 5.32 Å². The molecule has 3 saturated carbocycles. The molecular weight excluding hydrogens is 206 g/mol. The molecule has 3 fully saturated rings. The summed E-state index contributed by atoms with van der Waals surface area (Å²) in [5, 5.41) is 3.70. The minimum atomic E-state index is 0.870. The molecule has 5 atom stereocenters. The fourth-order valence-electron chi connectivity index (χ4n) is 4.22. The van der Waals surface area contributed by atoms with Gasteiger partial charge < -0.3 is 5.32 Å². The molecule has 0 spiro atoms. The number of hydrogen-bond acceptors (Lipinski definition) is 1. The summed E-state index contributed by atoms with van der Waals surface area (Å²) in [6.07, 6.45) is 10.6. The van der Waals surface area contributed by atoms with Gasteiger partial charge in [-0.25, -0.2) is 0 Å². The van der Waals surface area contributed by atoms with Gasteiger partial charge in [-0.15, -0.1) is 0 Å². The third-order valence-corrected chi connectivity index (χ3v) is 5.84. The molecule has 3 aliphatic rings. The van der Waals surface area contributed by atoms with Crippen molar-refractivity contribution in [1.82, 2.24) is 5.32 Å². The molecule has 0 radical (unpaired) electrons. The molecule has 0 heterocycles. The molecule has 5 unspecified atom stereocenters. The van der Waals surface area contributed by atoms with Crippen molar-refractivity contribution in [2.75, 3.05) is 6.54 Å². The maximum atomic E-state index is 3.70. The Morgan fingerprint density at radius 3 is 2.41 bits per heavy atom. The summed E-state index contributed by atoms with van der Waals surface area (Å²) in [6.45, 7) is 6.20. The predicted octanol–water partition coefficient (Wildman–Crippen LogP) is 3.84. The van der Waals surface area contributed by atoms with Gasteiger partial charge in [-0.1, -0.05) is 20.3 Å². The zero-order valence-electron chi connectivity index (χ0n) is 11.6. The number of fused-ring (bicyclic) bond motifs is 2. The van der Waals surface area contributed by atoms with E-state index in [9.17, 15) is 0 Å². The summed E-state index contributed by atoms with van der Waals surface area (Å²) >= 11 is 0. The predicted molar refractivity (Wildman–Crippen MR) is 72.9 cm³/mol. The Kier molecular flexibility index (Phi) is 3.47. The van der Waals surface area contributed by atoms with Gasteiger partial charge in [0.25, 0.3) is 0 Å². The average Bonchev–Trinajstić information content (AvgIpc) is 2.93. The Bertz CT molecular complexity index is 258. The molecule has 1 nitrogen and oxygen atoms in total. The van der Waals surface area contributed by atoms with Crippen LogP contribution in [0.1, 0.15) is 58.8 Å². The second-order valence-corrected chi connectivity index (χ2v) is 7.31. The molecule has 1 N–H and O–H groups in total. The Balaban J connectivity index is 1.40. The van der Waals surface area contributed by atoms with Crippen LogP contribution in [0.25, 0.3) is 0 Å². The lowest BCUT2D eigenvalue weighted by Gasteiger charge is -2.28. The van der Waals surface area contributed by atoms with Crippen LogP contribution in [-0.2, 0) is 0 Å². The van der Waals surface area contributed by atoms with Crippen LogP contribution in [0, 0.1) is 29.6 Å². The van der Waals surface area contributed by atoms with Crippen LogP contribution in [0.4, 0.5) is 0 Å². The molecule has 17 heavy (non-hydrogen) atoms. The topological polar surface area (TPSA) is 12.0 Å². The Morgan fingerprint density at radius 1 is 1.00 bits per heavy atom. The van der Waals surface area contributed by atoms with Crippen LogP contribution in [0.5, 0.6) is 0 Å². The molecule has 3 rings (SSSR count). The highest BCUT2D eigenvalue weighted by Gasteiger charge is 2.40. The van der Waals surface area contributed by atoms with Gasteiger partial charge in [0.1, 0.15) is 0 Å². The quantitative estimate of drug-likeness (QED) is 0.737. The highest BCUT2D eigenvalue weighted by Crippen LogP contribution is 2.50. The van der Waals surface area contributed by atoms with Crippen LogP contribution >= 0.6 is 0 Å². The maximum Gasteiger partial charge on any atom is 0.00683 e. The van der Waals surface area contributed by atoms with E-state index in [1.54, 1.807) is 25.7 Å². The summed E-state index contributed by atoms with van der Waals surface area (Å²) in [5.41, 5.74) is 0. The molecule has 3 aliphatic carbocycles. The van der Waals surface area contributed by atoms with Crippen molar-refractivity contribution in [1.29, 1.82) is 0 Å². The van der Waals surface area contributed by atoms with Gasteiger partial charge in [0.2, 0.25) is 0 Å². The van der Waals surface area contributed by atoms with Gasteiger partial charge in [-0.3, -0.25) is 0 Å². The van der Waals surface area contributed by atoms with Gasteiger partial charge in [0.15, 0.2) is 0 Å². The van der Waals surface area contributed by atoms with Crippen LogP contribution in [0.2, 0.25) is 0 Å². The molecule has 2 bridgehead atoms. The van der Waals surface area contributed by atoms with Crippen molar-refractivity contribution in [2.45, 2.75) is 64.8 Å². The van der Waals surface area contributed by atoms with Gasteiger partial charge in [-0.2, -0.15) is 0 Å². The molecule has 0 saturated heterocycles. The number of hydrogen-bond donors (Lipinski definition) is 1. The fraction of sp³-hybridized carbons (Fsp3) is 1.00. The molecule has 0 aromatic rings. The Hall–Kier alpha value is -0.0400. The molecule has 1 heteroatoms. The van der Waals surface area contributed by atoms with Crippen molar-refractivity contribution < 1.29 is 0 Å². The summed E-state index contributed by atoms with van der Waals surface area (Å²) < 4.78 is 0. The van der Waals surface area contributed by atoms with Crippen LogP contribution in [0.3, 0.4) is 0 Å². The van der Waals surface area contributed by atoms with E-state index in [-0.39, 0.29) is 0 Å². The van der Waals surface area contributed by atoms with Crippen molar-refractivity contribution in [3.8, 4) is 0 Å². The standard InChI is InChI=1S/C16H29N/c1-11(12(2)10-17-16-5-6-16)7-15-9-13-3-4-14(15)8-13/h11-17H,3-10H2,1-2H3. The van der Waals surface area contributed by atoms with Gasteiger partial charge >= 0.3 is 0 Å². The highest BCUT2D eigenvalue weighted by atomic mass is 14.9. The van der Waals surface area contributed by atoms with Gasteiger partial charge in [-0.05, 0) is 74.7 Å². The van der Waals surface area contributed by atoms with Crippen molar-refractivity contribution in [3.63, 3.8) is 0 Å². The Labute approximate surface area is 107 Å². The van der Waals surface area contributed by atoms with Crippen molar-refractivity contribution in [3.05, 3.63) is 0 Å². The van der Waals surface area contributed by atoms with E-state index in [1.165, 1.54) is 25.8 Å². The number of nitrogens with one attached hydrogen (secondary N) is 1. The van der Waals surface area contributed by atoms with E-state index in [1.807, 2.05) is 0 Å². The minimum absolute atomic E-state index is 0.870. The molecular formula is C16H29N. The average molecular weight is 235 g/mol. The first kappa shape index (κ1) is 12.0.